The number of hydrogen-bond acceptors (Lipinski definition) is 7. The highest BCUT2D eigenvalue weighted by Gasteiger charge is 2.29. The van der Waals surface area contributed by atoms with Crippen molar-refractivity contribution < 1.29 is 28.7 Å². The number of fused-ring (bicyclic) bond motifs is 2. The summed E-state index contributed by atoms with van der Waals surface area (Å²) >= 11 is 6.19. The summed E-state index contributed by atoms with van der Waals surface area (Å²) in [5.41, 5.74) is 0.224. The lowest BCUT2D eigenvalue weighted by atomic mass is 10.2. The molecule has 2 aliphatic heterocycles. The number of amides is 2. The number of nitro benzene ring substituents is 1. The van der Waals surface area contributed by atoms with E-state index in [0.717, 1.165) is 4.90 Å². The fourth-order valence-corrected chi connectivity index (χ4v) is 3.17. The number of halogens is 1. The Bertz CT molecular complexity index is 1030. The predicted molar refractivity (Wildman–Crippen MR) is 102 cm³/mol. The van der Waals surface area contributed by atoms with Crippen molar-refractivity contribution in [2.75, 3.05) is 36.6 Å². The van der Waals surface area contributed by atoms with Crippen molar-refractivity contribution in [3.05, 3.63) is 45.5 Å². The lowest BCUT2D eigenvalue weighted by Crippen LogP contribution is -2.43. The standard InChI is InChI=1S/C18H14ClN3O7/c19-11-6-15-16(28-4-3-27-15)7-12(11)20-17(23)8-21-13-5-10(22(25)26)1-2-14(13)29-9-18(21)24/h1-2,5-7H,3-4,8-9H2,(H,20,23). The molecule has 2 amide bonds. The van der Waals surface area contributed by atoms with E-state index in [-0.39, 0.29) is 35.3 Å². The zero-order valence-electron chi connectivity index (χ0n) is 14.8. The molecule has 4 rings (SSSR count). The molecule has 11 heteroatoms. The summed E-state index contributed by atoms with van der Waals surface area (Å²) in [5, 5.41) is 13.9. The van der Waals surface area contributed by atoms with Crippen LogP contribution in [-0.2, 0) is 9.59 Å². The summed E-state index contributed by atoms with van der Waals surface area (Å²) in [7, 11) is 0. The lowest BCUT2D eigenvalue weighted by Gasteiger charge is -2.28. The average Bonchev–Trinajstić information content (AvgIpc) is 2.70. The molecule has 10 nitrogen and oxygen atoms in total. The van der Waals surface area contributed by atoms with Gasteiger partial charge in [-0.1, -0.05) is 11.6 Å². The maximum absolute atomic E-state index is 12.6. The number of rotatable bonds is 4. The number of carbonyl (C=O) groups excluding carboxylic acids is 2. The number of carbonyl (C=O) groups is 2. The maximum Gasteiger partial charge on any atom is 0.271 e. The molecule has 0 spiro atoms. The highest BCUT2D eigenvalue weighted by Crippen LogP contribution is 2.38. The van der Waals surface area contributed by atoms with Gasteiger partial charge in [-0.25, -0.2) is 0 Å². The minimum Gasteiger partial charge on any atom is -0.486 e. The molecule has 0 fully saturated rings. The number of nitrogens with zero attached hydrogens (tertiary/aromatic N) is 2. The van der Waals surface area contributed by atoms with Crippen LogP contribution in [0.4, 0.5) is 17.1 Å². The van der Waals surface area contributed by atoms with Crippen molar-refractivity contribution in [3.63, 3.8) is 0 Å². The highest BCUT2D eigenvalue weighted by molar-refractivity contribution is 6.34. The molecule has 0 aliphatic carbocycles. The van der Waals surface area contributed by atoms with Gasteiger partial charge in [0.1, 0.15) is 25.5 Å². The van der Waals surface area contributed by atoms with Crippen LogP contribution in [0.25, 0.3) is 0 Å². The minimum absolute atomic E-state index is 0.152. The van der Waals surface area contributed by atoms with E-state index >= 15 is 0 Å². The Hall–Kier alpha value is -3.53. The van der Waals surface area contributed by atoms with Crippen molar-refractivity contribution in [1.82, 2.24) is 0 Å². The first-order valence-electron chi connectivity index (χ1n) is 8.53. The second-order valence-electron chi connectivity index (χ2n) is 6.20. The van der Waals surface area contributed by atoms with Gasteiger partial charge in [0.25, 0.3) is 11.6 Å². The first kappa shape index (κ1) is 18.8. The molecule has 0 aromatic heterocycles. The molecular formula is C18H14ClN3O7. The van der Waals surface area contributed by atoms with Gasteiger partial charge in [0.05, 0.1) is 21.3 Å². The van der Waals surface area contributed by atoms with Crippen LogP contribution in [0.1, 0.15) is 0 Å². The smallest absolute Gasteiger partial charge is 0.271 e. The van der Waals surface area contributed by atoms with Gasteiger partial charge >= 0.3 is 0 Å². The van der Waals surface area contributed by atoms with E-state index in [4.69, 9.17) is 25.8 Å². The van der Waals surface area contributed by atoms with Crippen LogP contribution in [0.5, 0.6) is 17.2 Å². The number of ether oxygens (including phenoxy) is 3. The molecule has 0 bridgehead atoms. The highest BCUT2D eigenvalue weighted by atomic mass is 35.5. The SMILES string of the molecule is O=C(CN1C(=O)COc2ccc([N+](=O)[O-])cc21)Nc1cc2c(cc1Cl)OCCO2. The van der Waals surface area contributed by atoms with Crippen LogP contribution in [0, 0.1) is 10.1 Å². The number of nitro groups is 1. The van der Waals surface area contributed by atoms with Crippen molar-refractivity contribution in [2.24, 2.45) is 0 Å². The van der Waals surface area contributed by atoms with E-state index < -0.39 is 16.7 Å². The lowest BCUT2D eigenvalue weighted by molar-refractivity contribution is -0.384. The van der Waals surface area contributed by atoms with Crippen molar-refractivity contribution in [1.29, 1.82) is 0 Å². The van der Waals surface area contributed by atoms with E-state index in [1.165, 1.54) is 30.3 Å². The van der Waals surface area contributed by atoms with Gasteiger partial charge in [-0.3, -0.25) is 24.6 Å². The normalized spacial score (nSPS) is 14.7. The Morgan fingerprint density at radius 2 is 1.86 bits per heavy atom. The van der Waals surface area contributed by atoms with Crippen molar-refractivity contribution >= 4 is 40.5 Å². The average molecular weight is 420 g/mol. The van der Waals surface area contributed by atoms with E-state index in [0.29, 0.717) is 30.4 Å². The van der Waals surface area contributed by atoms with Crippen LogP contribution < -0.4 is 24.4 Å². The molecule has 0 saturated heterocycles. The molecule has 2 aromatic rings. The number of benzene rings is 2. The zero-order chi connectivity index (χ0) is 20.5. The molecule has 0 radical (unpaired) electrons. The van der Waals surface area contributed by atoms with Crippen LogP contribution in [0.15, 0.2) is 30.3 Å². The number of nitrogens with one attached hydrogen (secondary N) is 1. The number of non-ortho nitro benzene ring substituents is 1. The van der Waals surface area contributed by atoms with Gasteiger partial charge in [0.2, 0.25) is 5.91 Å². The summed E-state index contributed by atoms with van der Waals surface area (Å²) in [6, 6.07) is 6.92. The van der Waals surface area contributed by atoms with E-state index in [9.17, 15) is 19.7 Å². The van der Waals surface area contributed by atoms with Gasteiger partial charge in [0, 0.05) is 24.3 Å². The van der Waals surface area contributed by atoms with Crippen LogP contribution >= 0.6 is 11.6 Å². The molecule has 150 valence electrons. The molecule has 2 aromatic carbocycles. The molecule has 0 saturated carbocycles. The Balaban J connectivity index is 1.55. The molecule has 0 atom stereocenters. The van der Waals surface area contributed by atoms with Gasteiger partial charge in [-0.2, -0.15) is 0 Å². The summed E-state index contributed by atoms with van der Waals surface area (Å²) in [5.74, 6) is 0.154. The second kappa shape index (κ2) is 7.47. The minimum atomic E-state index is -0.591. The van der Waals surface area contributed by atoms with Gasteiger partial charge < -0.3 is 19.5 Å². The third-order valence-corrected chi connectivity index (χ3v) is 4.62. The monoisotopic (exact) mass is 419 g/mol. The first-order chi connectivity index (χ1) is 13.9. The summed E-state index contributed by atoms with van der Waals surface area (Å²) in [6.07, 6.45) is 0. The van der Waals surface area contributed by atoms with Gasteiger partial charge in [0.15, 0.2) is 18.1 Å². The summed E-state index contributed by atoms with van der Waals surface area (Å²) in [6.45, 7) is 0.129. The van der Waals surface area contributed by atoms with Crippen molar-refractivity contribution in [3.8, 4) is 17.2 Å². The third kappa shape index (κ3) is 3.74. The van der Waals surface area contributed by atoms with Gasteiger partial charge in [-0.15, -0.1) is 0 Å². The summed E-state index contributed by atoms with van der Waals surface area (Å²) in [4.78, 5) is 36.4. The van der Waals surface area contributed by atoms with Crippen LogP contribution in [0.3, 0.4) is 0 Å². The van der Waals surface area contributed by atoms with E-state index in [1.54, 1.807) is 0 Å². The fourth-order valence-electron chi connectivity index (χ4n) is 2.97. The van der Waals surface area contributed by atoms with Crippen molar-refractivity contribution in [2.45, 2.75) is 0 Å². The number of anilines is 2. The quantitative estimate of drug-likeness (QED) is 0.596. The number of hydrogen-bond donors (Lipinski definition) is 1. The maximum atomic E-state index is 12.6. The fraction of sp³-hybridized carbons (Fsp3) is 0.222. The second-order valence-corrected chi connectivity index (χ2v) is 6.61. The van der Waals surface area contributed by atoms with E-state index in [1.807, 2.05) is 0 Å². The van der Waals surface area contributed by atoms with Crippen LogP contribution in [-0.4, -0.2) is 43.1 Å². The molecule has 1 N–H and O–H groups in total. The largest absolute Gasteiger partial charge is 0.486 e. The Labute approximate surface area is 169 Å². The predicted octanol–water partition coefficient (Wildman–Crippen LogP) is 2.38. The third-order valence-electron chi connectivity index (χ3n) is 4.30. The van der Waals surface area contributed by atoms with Crippen LogP contribution in [0.2, 0.25) is 5.02 Å². The molecule has 29 heavy (non-hydrogen) atoms. The molecular weight excluding hydrogens is 406 g/mol. The Morgan fingerprint density at radius 1 is 1.14 bits per heavy atom. The van der Waals surface area contributed by atoms with Gasteiger partial charge in [-0.05, 0) is 6.07 Å². The Morgan fingerprint density at radius 3 is 2.59 bits per heavy atom. The summed E-state index contributed by atoms with van der Waals surface area (Å²) < 4.78 is 16.2. The first-order valence-corrected chi connectivity index (χ1v) is 8.91. The molecule has 0 unspecified atom stereocenters. The molecule has 2 aliphatic rings. The molecule has 2 heterocycles. The Kier molecular flexibility index (Phi) is 4.85. The zero-order valence-corrected chi connectivity index (χ0v) is 15.6. The van der Waals surface area contributed by atoms with E-state index in [2.05, 4.69) is 5.32 Å². The topological polar surface area (TPSA) is 120 Å².